The zero-order chi connectivity index (χ0) is 22.0. The molecule has 1 saturated carbocycles. The summed E-state index contributed by atoms with van der Waals surface area (Å²) in [7, 11) is 0. The molecule has 0 aliphatic heterocycles. The van der Waals surface area contributed by atoms with Crippen molar-refractivity contribution in [2.75, 3.05) is 5.32 Å². The lowest BCUT2D eigenvalue weighted by Crippen LogP contribution is -2.37. The molecule has 2 atom stereocenters. The number of hydrogen-bond acceptors (Lipinski definition) is 4. The van der Waals surface area contributed by atoms with Gasteiger partial charge in [-0.2, -0.15) is 0 Å². The lowest BCUT2D eigenvalue weighted by Gasteiger charge is -2.29. The Morgan fingerprint density at radius 3 is 2.20 bits per heavy atom. The predicted molar refractivity (Wildman–Crippen MR) is 119 cm³/mol. The number of carbonyl (C=O) groups excluding carboxylic acids is 2. The molecule has 0 bridgehead atoms. The van der Waals surface area contributed by atoms with Crippen molar-refractivity contribution in [3.8, 4) is 0 Å². The Morgan fingerprint density at radius 1 is 1.03 bits per heavy atom. The first kappa shape index (κ1) is 22.5. The fraction of sp³-hybridized carbons (Fsp3) is 0.609. The minimum absolute atomic E-state index is 0.135. The first-order chi connectivity index (χ1) is 14.2. The molecule has 7 heteroatoms. The SMILES string of the molecule is CCc1c(C)sc(NC(=O)[C@H]2CC(C)=C(C)C[C@H]2C(=O)O)c1C(=O)NC1CCCC1. The minimum Gasteiger partial charge on any atom is -0.481 e. The lowest BCUT2D eigenvalue weighted by atomic mass is 9.76. The quantitative estimate of drug-likeness (QED) is 0.569. The molecular weight excluding hydrogens is 400 g/mol. The Bertz CT molecular complexity index is 880. The fourth-order valence-electron chi connectivity index (χ4n) is 4.69. The zero-order valence-electron chi connectivity index (χ0n) is 18.3. The number of aryl methyl sites for hydroxylation is 1. The highest BCUT2D eigenvalue weighted by Gasteiger charge is 2.38. The van der Waals surface area contributed by atoms with E-state index in [0.29, 0.717) is 29.8 Å². The van der Waals surface area contributed by atoms with Crippen LogP contribution < -0.4 is 10.6 Å². The molecule has 6 nitrogen and oxygen atoms in total. The van der Waals surface area contributed by atoms with Crippen molar-refractivity contribution in [2.24, 2.45) is 11.8 Å². The van der Waals surface area contributed by atoms with Gasteiger partial charge in [0.1, 0.15) is 5.00 Å². The Kier molecular flexibility index (Phi) is 7.01. The zero-order valence-corrected chi connectivity index (χ0v) is 19.1. The van der Waals surface area contributed by atoms with Gasteiger partial charge in [-0.3, -0.25) is 14.4 Å². The van der Waals surface area contributed by atoms with Gasteiger partial charge in [-0.05, 0) is 58.4 Å². The molecule has 1 aromatic heterocycles. The number of thiophene rings is 1. The highest BCUT2D eigenvalue weighted by molar-refractivity contribution is 7.16. The third kappa shape index (κ3) is 4.61. The van der Waals surface area contributed by atoms with Crippen molar-refractivity contribution in [1.29, 1.82) is 0 Å². The van der Waals surface area contributed by atoms with Gasteiger partial charge in [-0.1, -0.05) is 30.9 Å². The first-order valence-corrected chi connectivity index (χ1v) is 11.7. The van der Waals surface area contributed by atoms with Gasteiger partial charge in [-0.15, -0.1) is 11.3 Å². The maximum absolute atomic E-state index is 13.1. The number of hydrogen-bond donors (Lipinski definition) is 3. The number of carboxylic acids is 1. The van der Waals surface area contributed by atoms with Crippen LogP contribution in [-0.4, -0.2) is 28.9 Å². The maximum atomic E-state index is 13.1. The molecule has 2 amide bonds. The molecule has 2 aliphatic carbocycles. The number of anilines is 1. The summed E-state index contributed by atoms with van der Waals surface area (Å²) in [6, 6.07) is 0.191. The molecule has 30 heavy (non-hydrogen) atoms. The van der Waals surface area contributed by atoms with Gasteiger partial charge < -0.3 is 15.7 Å². The fourth-order valence-corrected chi connectivity index (χ4v) is 5.84. The third-order valence-corrected chi connectivity index (χ3v) is 7.70. The molecule has 1 aromatic rings. The van der Waals surface area contributed by atoms with E-state index in [1.807, 2.05) is 27.7 Å². The van der Waals surface area contributed by atoms with E-state index in [0.717, 1.165) is 47.3 Å². The normalized spacial score (nSPS) is 22.3. The molecule has 0 radical (unpaired) electrons. The monoisotopic (exact) mass is 432 g/mol. The summed E-state index contributed by atoms with van der Waals surface area (Å²) in [5, 5.41) is 16.3. The third-order valence-electron chi connectivity index (χ3n) is 6.64. The number of allylic oxidation sites excluding steroid dienone is 2. The van der Waals surface area contributed by atoms with Crippen molar-refractivity contribution in [3.63, 3.8) is 0 Å². The van der Waals surface area contributed by atoms with E-state index in [4.69, 9.17) is 0 Å². The second kappa shape index (κ2) is 9.33. The molecule has 3 N–H and O–H groups in total. The number of aliphatic carboxylic acids is 1. The summed E-state index contributed by atoms with van der Waals surface area (Å²) in [6.07, 6.45) is 5.76. The van der Waals surface area contributed by atoms with E-state index in [9.17, 15) is 19.5 Å². The van der Waals surface area contributed by atoms with Gasteiger partial charge in [0, 0.05) is 10.9 Å². The second-order valence-electron chi connectivity index (χ2n) is 8.66. The van der Waals surface area contributed by atoms with Crippen molar-refractivity contribution < 1.29 is 19.5 Å². The molecule has 0 aromatic carbocycles. The number of amides is 2. The number of carboxylic acid groups (broad SMARTS) is 1. The highest BCUT2D eigenvalue weighted by Crippen LogP contribution is 2.38. The average molecular weight is 433 g/mol. The summed E-state index contributed by atoms with van der Waals surface area (Å²) >= 11 is 1.40. The molecule has 0 saturated heterocycles. The van der Waals surface area contributed by atoms with Crippen molar-refractivity contribution in [1.82, 2.24) is 5.32 Å². The molecule has 0 spiro atoms. The van der Waals surface area contributed by atoms with Crippen LogP contribution in [0.25, 0.3) is 0 Å². The highest BCUT2D eigenvalue weighted by atomic mass is 32.1. The van der Waals surface area contributed by atoms with Crippen LogP contribution in [0.3, 0.4) is 0 Å². The molecular formula is C23H32N2O4S. The van der Waals surface area contributed by atoms with Crippen LogP contribution in [0.2, 0.25) is 0 Å². The van der Waals surface area contributed by atoms with Crippen LogP contribution in [0, 0.1) is 18.8 Å². The molecule has 1 heterocycles. The van der Waals surface area contributed by atoms with Crippen LogP contribution in [0.1, 0.15) is 80.1 Å². The van der Waals surface area contributed by atoms with E-state index in [-0.39, 0.29) is 17.9 Å². The van der Waals surface area contributed by atoms with Gasteiger partial charge in [0.15, 0.2) is 0 Å². The Morgan fingerprint density at radius 2 is 1.63 bits per heavy atom. The largest absolute Gasteiger partial charge is 0.481 e. The summed E-state index contributed by atoms with van der Waals surface area (Å²) < 4.78 is 0. The van der Waals surface area contributed by atoms with E-state index < -0.39 is 17.8 Å². The number of nitrogens with one attached hydrogen (secondary N) is 2. The van der Waals surface area contributed by atoms with E-state index in [1.165, 1.54) is 11.3 Å². The van der Waals surface area contributed by atoms with Crippen molar-refractivity contribution >= 4 is 34.1 Å². The van der Waals surface area contributed by atoms with Crippen LogP contribution in [-0.2, 0) is 16.0 Å². The molecule has 1 fully saturated rings. The summed E-state index contributed by atoms with van der Waals surface area (Å²) in [4.78, 5) is 39.0. The van der Waals surface area contributed by atoms with E-state index >= 15 is 0 Å². The van der Waals surface area contributed by atoms with Gasteiger partial charge in [-0.25, -0.2) is 0 Å². The smallest absolute Gasteiger partial charge is 0.307 e. The number of carbonyl (C=O) groups is 3. The lowest BCUT2D eigenvalue weighted by molar-refractivity contribution is -0.146. The second-order valence-corrected chi connectivity index (χ2v) is 9.88. The summed E-state index contributed by atoms with van der Waals surface area (Å²) in [5.41, 5.74) is 3.62. The van der Waals surface area contributed by atoms with Crippen LogP contribution >= 0.6 is 11.3 Å². The Labute approximate surface area is 182 Å². The van der Waals surface area contributed by atoms with Crippen LogP contribution in [0.5, 0.6) is 0 Å². The number of rotatable bonds is 6. The maximum Gasteiger partial charge on any atom is 0.307 e. The van der Waals surface area contributed by atoms with Gasteiger partial charge in [0.05, 0.1) is 17.4 Å². The van der Waals surface area contributed by atoms with Crippen LogP contribution in [0.4, 0.5) is 5.00 Å². The van der Waals surface area contributed by atoms with E-state index in [2.05, 4.69) is 10.6 Å². The molecule has 0 unspecified atom stereocenters. The summed E-state index contributed by atoms with van der Waals surface area (Å²) in [6.45, 7) is 7.85. The van der Waals surface area contributed by atoms with Gasteiger partial charge >= 0.3 is 5.97 Å². The Hall–Kier alpha value is -2.15. The van der Waals surface area contributed by atoms with Crippen molar-refractivity contribution in [3.05, 3.63) is 27.2 Å². The molecule has 164 valence electrons. The molecule has 3 rings (SSSR count). The summed E-state index contributed by atoms with van der Waals surface area (Å²) in [5.74, 6) is -2.77. The predicted octanol–water partition coefficient (Wildman–Crippen LogP) is 4.68. The minimum atomic E-state index is -0.946. The van der Waals surface area contributed by atoms with Crippen molar-refractivity contribution in [2.45, 2.75) is 78.7 Å². The molecule has 2 aliphatic rings. The first-order valence-electron chi connectivity index (χ1n) is 10.8. The standard InChI is InChI=1S/C23H32N2O4S/c1-5-16-14(4)30-22(19(16)21(27)24-15-8-6-7-9-15)25-20(26)17-10-12(2)13(3)11-18(17)23(28)29/h15,17-18H,5-11H2,1-4H3,(H,24,27)(H,25,26)(H,28,29)/t17-,18+/m0/s1. The topological polar surface area (TPSA) is 95.5 Å². The van der Waals surface area contributed by atoms with Gasteiger partial charge in [0.2, 0.25) is 5.91 Å². The van der Waals surface area contributed by atoms with Crippen LogP contribution in [0.15, 0.2) is 11.1 Å². The van der Waals surface area contributed by atoms with Gasteiger partial charge in [0.25, 0.3) is 5.91 Å². The average Bonchev–Trinajstić information content (AvgIpc) is 3.30. The Balaban J connectivity index is 1.85. The van der Waals surface area contributed by atoms with E-state index in [1.54, 1.807) is 0 Å².